The van der Waals surface area contributed by atoms with Crippen molar-refractivity contribution in [3.63, 3.8) is 0 Å². The number of halogens is 2. The second-order valence-electron chi connectivity index (χ2n) is 11.9. The molecule has 9 heteroatoms. The molecule has 2 aromatic rings. The zero-order valence-corrected chi connectivity index (χ0v) is 23.6. The van der Waals surface area contributed by atoms with Crippen LogP contribution in [-0.2, 0) is 16.1 Å². The highest BCUT2D eigenvalue weighted by Crippen LogP contribution is 2.49. The van der Waals surface area contributed by atoms with E-state index in [2.05, 4.69) is 10.1 Å². The fourth-order valence-electron chi connectivity index (χ4n) is 6.59. The molecule has 0 bridgehead atoms. The number of rotatable bonds is 9. The summed E-state index contributed by atoms with van der Waals surface area (Å²) in [5.74, 6) is -1.30. The van der Waals surface area contributed by atoms with E-state index >= 15 is 0 Å². The van der Waals surface area contributed by atoms with Crippen molar-refractivity contribution in [2.24, 2.45) is 17.3 Å². The smallest absolute Gasteiger partial charge is 0.387 e. The summed E-state index contributed by atoms with van der Waals surface area (Å²) < 4.78 is 35.9. The van der Waals surface area contributed by atoms with E-state index in [1.807, 2.05) is 51.1 Å². The maximum absolute atomic E-state index is 14.2. The lowest BCUT2D eigenvalue weighted by atomic mass is 9.72. The first-order valence-electron chi connectivity index (χ1n) is 14.0. The standard InChI is InChI=1S/C31H40F2N2O5/c1-31(2,3)24-25(34-18-21-17-22(40-30(32)33)15-16-23(21)39-4)26(19-11-7-5-8-12-19)35(27(24)29(37)38)28(36)20-13-9-6-10-14-20/h5,7-8,11-12,15-17,20,24-27,30,34H,6,9-10,13-14,18H2,1-4H3,(H,37,38)/t24-,25-,26-,27-/m0/s1. The highest BCUT2D eigenvalue weighted by atomic mass is 19.3. The van der Waals surface area contributed by atoms with Crippen molar-refractivity contribution in [2.45, 2.75) is 84.2 Å². The highest BCUT2D eigenvalue weighted by molar-refractivity contribution is 5.87. The van der Waals surface area contributed by atoms with Crippen LogP contribution in [-0.4, -0.2) is 47.7 Å². The normalized spacial score (nSPS) is 23.8. The molecule has 0 spiro atoms. The van der Waals surface area contributed by atoms with Crippen molar-refractivity contribution in [2.75, 3.05) is 7.11 Å². The van der Waals surface area contributed by atoms with E-state index < -0.39 is 42.0 Å². The highest BCUT2D eigenvalue weighted by Gasteiger charge is 2.58. The van der Waals surface area contributed by atoms with Crippen LogP contribution in [0.4, 0.5) is 8.78 Å². The number of hydrogen-bond acceptors (Lipinski definition) is 5. The molecule has 1 aliphatic heterocycles. The van der Waals surface area contributed by atoms with E-state index in [0.717, 1.165) is 37.7 Å². The summed E-state index contributed by atoms with van der Waals surface area (Å²) in [6, 6.07) is 12.0. The molecule has 40 heavy (non-hydrogen) atoms. The average molecular weight is 559 g/mol. The van der Waals surface area contributed by atoms with Gasteiger partial charge in [-0.2, -0.15) is 8.78 Å². The number of nitrogens with one attached hydrogen (secondary N) is 1. The number of hydrogen-bond donors (Lipinski definition) is 2. The second-order valence-corrected chi connectivity index (χ2v) is 11.9. The molecule has 0 radical (unpaired) electrons. The Morgan fingerprint density at radius 3 is 2.33 bits per heavy atom. The number of benzene rings is 2. The van der Waals surface area contributed by atoms with Crippen LogP contribution < -0.4 is 14.8 Å². The van der Waals surface area contributed by atoms with E-state index in [0.29, 0.717) is 11.3 Å². The van der Waals surface area contributed by atoms with Crippen LogP contribution in [0.3, 0.4) is 0 Å². The fourth-order valence-corrected chi connectivity index (χ4v) is 6.59. The third kappa shape index (κ3) is 6.40. The molecule has 4 atom stereocenters. The summed E-state index contributed by atoms with van der Waals surface area (Å²) in [4.78, 5) is 28.8. The van der Waals surface area contributed by atoms with Crippen LogP contribution in [0.15, 0.2) is 48.5 Å². The van der Waals surface area contributed by atoms with Gasteiger partial charge >= 0.3 is 12.6 Å². The summed E-state index contributed by atoms with van der Waals surface area (Å²) in [6.45, 7) is 3.22. The Bertz CT molecular complexity index is 1160. The molecular weight excluding hydrogens is 518 g/mol. The second kappa shape index (κ2) is 12.5. The molecule has 2 N–H and O–H groups in total. The molecule has 1 heterocycles. The van der Waals surface area contributed by atoms with Gasteiger partial charge in [0.1, 0.15) is 17.5 Å². The van der Waals surface area contributed by atoms with Gasteiger partial charge < -0.3 is 24.8 Å². The largest absolute Gasteiger partial charge is 0.496 e. The first-order chi connectivity index (χ1) is 19.0. The first-order valence-corrected chi connectivity index (χ1v) is 14.0. The van der Waals surface area contributed by atoms with Crippen LogP contribution in [0.2, 0.25) is 0 Å². The molecule has 4 rings (SSSR count). The number of methoxy groups -OCH3 is 1. The maximum atomic E-state index is 14.2. The summed E-state index contributed by atoms with van der Waals surface area (Å²) in [5, 5.41) is 14.2. The summed E-state index contributed by atoms with van der Waals surface area (Å²) in [5.41, 5.74) is 0.952. The Balaban J connectivity index is 1.78. The van der Waals surface area contributed by atoms with Crippen LogP contribution in [0, 0.1) is 17.3 Å². The van der Waals surface area contributed by atoms with Crippen molar-refractivity contribution >= 4 is 11.9 Å². The lowest BCUT2D eigenvalue weighted by Gasteiger charge is -2.36. The number of ether oxygens (including phenoxy) is 2. The molecule has 7 nitrogen and oxygen atoms in total. The van der Waals surface area contributed by atoms with Gasteiger partial charge in [0.2, 0.25) is 5.91 Å². The van der Waals surface area contributed by atoms with E-state index in [4.69, 9.17) is 4.74 Å². The minimum Gasteiger partial charge on any atom is -0.496 e. The van der Waals surface area contributed by atoms with Gasteiger partial charge in [0, 0.05) is 30.0 Å². The van der Waals surface area contributed by atoms with Gasteiger partial charge in [-0.3, -0.25) is 4.79 Å². The minimum atomic E-state index is -2.97. The van der Waals surface area contributed by atoms with Crippen LogP contribution in [0.1, 0.15) is 70.0 Å². The Morgan fingerprint density at radius 1 is 1.07 bits per heavy atom. The molecular formula is C31H40F2N2O5. The molecule has 1 aliphatic carbocycles. The van der Waals surface area contributed by atoms with Gasteiger partial charge in [-0.25, -0.2) is 4.79 Å². The summed E-state index contributed by atoms with van der Waals surface area (Å²) in [6.07, 6.45) is 4.52. The number of likely N-dealkylation sites (tertiary alicyclic amines) is 1. The van der Waals surface area contributed by atoms with Crippen molar-refractivity contribution in [1.29, 1.82) is 0 Å². The summed E-state index contributed by atoms with van der Waals surface area (Å²) in [7, 11) is 1.50. The van der Waals surface area contributed by atoms with Crippen LogP contribution >= 0.6 is 0 Å². The number of aliphatic carboxylic acids is 1. The zero-order chi connectivity index (χ0) is 29.0. The Morgan fingerprint density at radius 2 is 1.75 bits per heavy atom. The van der Waals surface area contributed by atoms with Crippen molar-refractivity contribution in [3.05, 3.63) is 59.7 Å². The quantitative estimate of drug-likeness (QED) is 0.391. The van der Waals surface area contributed by atoms with Gasteiger partial charge in [-0.05, 0) is 42.0 Å². The molecule has 1 saturated heterocycles. The maximum Gasteiger partial charge on any atom is 0.387 e. The minimum absolute atomic E-state index is 0.00326. The predicted molar refractivity (Wildman–Crippen MR) is 147 cm³/mol. The fraction of sp³-hybridized carbons (Fsp3) is 0.548. The SMILES string of the molecule is COc1ccc(OC(F)F)cc1CN[C@H]1[C@H](C(C)(C)C)[C@@H](C(=O)O)N(C(=O)C2CCCCC2)[C@H]1c1ccccc1. The lowest BCUT2D eigenvalue weighted by molar-refractivity contribution is -0.154. The van der Waals surface area contributed by atoms with E-state index in [1.54, 1.807) is 11.0 Å². The van der Waals surface area contributed by atoms with Gasteiger partial charge in [0.25, 0.3) is 0 Å². The Hall–Kier alpha value is -3.20. The van der Waals surface area contributed by atoms with E-state index in [9.17, 15) is 23.5 Å². The topological polar surface area (TPSA) is 88.1 Å². The van der Waals surface area contributed by atoms with Crippen molar-refractivity contribution < 1.29 is 33.0 Å². The molecule has 2 aromatic carbocycles. The molecule has 1 amide bonds. The van der Waals surface area contributed by atoms with Gasteiger partial charge in [-0.15, -0.1) is 0 Å². The predicted octanol–water partition coefficient (Wildman–Crippen LogP) is 6.03. The molecule has 2 fully saturated rings. The number of carbonyl (C=O) groups excluding carboxylic acids is 1. The average Bonchev–Trinajstić information content (AvgIpc) is 3.28. The number of carbonyl (C=O) groups is 2. The summed E-state index contributed by atoms with van der Waals surface area (Å²) >= 11 is 0. The molecule has 0 unspecified atom stereocenters. The zero-order valence-electron chi connectivity index (χ0n) is 23.6. The van der Waals surface area contributed by atoms with Gasteiger partial charge in [-0.1, -0.05) is 70.4 Å². The molecule has 218 valence electrons. The number of nitrogens with zero attached hydrogens (tertiary/aromatic N) is 1. The number of carboxylic acids is 1. The third-order valence-electron chi connectivity index (χ3n) is 8.27. The van der Waals surface area contributed by atoms with Gasteiger partial charge in [0.05, 0.1) is 13.2 Å². The number of alkyl halides is 2. The number of carboxylic acid groups (broad SMARTS) is 1. The van der Waals surface area contributed by atoms with Crippen LogP contribution in [0.25, 0.3) is 0 Å². The third-order valence-corrected chi connectivity index (χ3v) is 8.27. The van der Waals surface area contributed by atoms with Crippen molar-refractivity contribution in [1.82, 2.24) is 10.2 Å². The molecule has 1 saturated carbocycles. The molecule has 0 aromatic heterocycles. The van der Waals surface area contributed by atoms with E-state index in [1.165, 1.54) is 19.2 Å². The molecule has 2 aliphatic rings. The number of amides is 1. The lowest BCUT2D eigenvalue weighted by Crippen LogP contribution is -2.49. The Labute approximate surface area is 234 Å². The Kier molecular flexibility index (Phi) is 9.33. The first kappa shape index (κ1) is 29.8. The van der Waals surface area contributed by atoms with Crippen LogP contribution in [0.5, 0.6) is 11.5 Å². The van der Waals surface area contributed by atoms with Gasteiger partial charge in [0.15, 0.2) is 0 Å². The van der Waals surface area contributed by atoms with E-state index in [-0.39, 0.29) is 24.1 Å². The monoisotopic (exact) mass is 558 g/mol. The van der Waals surface area contributed by atoms with Crippen molar-refractivity contribution in [3.8, 4) is 11.5 Å².